The van der Waals surface area contributed by atoms with E-state index in [2.05, 4.69) is 36.2 Å². The number of benzene rings is 2. The van der Waals surface area contributed by atoms with E-state index in [1.54, 1.807) is 0 Å². The Balaban J connectivity index is 1.20. The number of piperidine rings is 1. The number of amides is 1. The molecule has 3 aromatic rings. The maximum Gasteiger partial charge on any atom is 0.251 e. The number of hydrogen-bond acceptors (Lipinski definition) is 4. The van der Waals surface area contributed by atoms with Crippen molar-refractivity contribution in [3.8, 4) is 16.9 Å². The van der Waals surface area contributed by atoms with Crippen LogP contribution >= 0.6 is 0 Å². The molecule has 1 unspecified atom stereocenters. The van der Waals surface area contributed by atoms with Gasteiger partial charge < -0.3 is 14.4 Å². The van der Waals surface area contributed by atoms with Gasteiger partial charge >= 0.3 is 0 Å². The molecule has 3 heterocycles. The minimum Gasteiger partial charge on any atom is -0.490 e. The highest BCUT2D eigenvalue weighted by atomic mass is 16.5. The lowest BCUT2D eigenvalue weighted by Gasteiger charge is -2.33. The lowest BCUT2D eigenvalue weighted by atomic mass is 10.0. The van der Waals surface area contributed by atoms with Gasteiger partial charge in [-0.2, -0.15) is 0 Å². The highest BCUT2D eigenvalue weighted by Gasteiger charge is 2.31. The molecule has 2 aliphatic heterocycles. The average molecular weight is 417 g/mol. The Bertz CT molecular complexity index is 1070. The van der Waals surface area contributed by atoms with Crippen molar-refractivity contribution in [2.75, 3.05) is 19.7 Å². The van der Waals surface area contributed by atoms with Crippen molar-refractivity contribution in [2.45, 2.75) is 44.8 Å². The normalized spacial score (nSPS) is 19.6. The van der Waals surface area contributed by atoms with Crippen molar-refractivity contribution in [2.24, 2.45) is 0 Å². The summed E-state index contributed by atoms with van der Waals surface area (Å²) in [6.07, 6.45) is 5.40. The average Bonchev–Trinajstić information content (AvgIpc) is 3.35. The van der Waals surface area contributed by atoms with E-state index in [1.807, 2.05) is 35.4 Å². The molecule has 5 rings (SSSR count). The molecule has 0 bridgehead atoms. The Kier molecular flexibility index (Phi) is 5.60. The van der Waals surface area contributed by atoms with Gasteiger partial charge in [0.1, 0.15) is 18.0 Å². The molecule has 1 amide bonds. The minimum atomic E-state index is -0.224. The molecule has 0 N–H and O–H groups in total. The number of ether oxygens (including phenoxy) is 2. The van der Waals surface area contributed by atoms with Crippen molar-refractivity contribution in [1.29, 1.82) is 0 Å². The van der Waals surface area contributed by atoms with Crippen LogP contribution in [0.2, 0.25) is 0 Å². The van der Waals surface area contributed by atoms with Crippen LogP contribution in [0.25, 0.3) is 22.0 Å². The molecule has 2 saturated heterocycles. The molecular formula is C26H28N2O3. The number of aryl methyl sites for hydroxylation is 1. The molecule has 31 heavy (non-hydrogen) atoms. The van der Waals surface area contributed by atoms with Gasteiger partial charge in [0, 0.05) is 49.7 Å². The van der Waals surface area contributed by atoms with Crippen molar-refractivity contribution in [3.63, 3.8) is 0 Å². The van der Waals surface area contributed by atoms with E-state index in [9.17, 15) is 4.79 Å². The summed E-state index contributed by atoms with van der Waals surface area (Å²) in [6, 6.07) is 16.6. The van der Waals surface area contributed by atoms with Crippen molar-refractivity contribution in [1.82, 2.24) is 9.88 Å². The third-order valence-corrected chi connectivity index (χ3v) is 6.39. The lowest BCUT2D eigenvalue weighted by Crippen LogP contribution is -2.45. The van der Waals surface area contributed by atoms with Crippen LogP contribution in [0.4, 0.5) is 0 Å². The molecule has 1 aromatic heterocycles. The molecular weight excluding hydrogens is 388 g/mol. The second-order valence-corrected chi connectivity index (χ2v) is 8.53. The standard InChI is InChI=1S/C26H28N2O3/c1-18-4-2-5-24-23(18)16-20(17-27-24)19-7-9-21(10-8-19)31-22-11-13-28(14-12-22)26(29)25-6-3-15-30-25/h2,4-5,7-10,16-17,22,25H,3,6,11-15H2,1H3. The number of carbonyl (C=O) groups excluding carboxylic acids is 1. The first kappa shape index (κ1) is 20.0. The monoisotopic (exact) mass is 416 g/mol. The number of likely N-dealkylation sites (tertiary alicyclic amines) is 1. The first-order valence-corrected chi connectivity index (χ1v) is 11.2. The third kappa shape index (κ3) is 4.28. The van der Waals surface area contributed by atoms with Gasteiger partial charge in [0.25, 0.3) is 5.91 Å². The van der Waals surface area contributed by atoms with Crippen molar-refractivity contribution < 1.29 is 14.3 Å². The van der Waals surface area contributed by atoms with Crippen LogP contribution in [0, 0.1) is 6.92 Å². The van der Waals surface area contributed by atoms with Gasteiger partial charge in [-0.1, -0.05) is 24.3 Å². The Hall–Kier alpha value is -2.92. The molecule has 2 aromatic carbocycles. The number of hydrogen-bond donors (Lipinski definition) is 0. The summed E-state index contributed by atoms with van der Waals surface area (Å²) < 4.78 is 11.7. The minimum absolute atomic E-state index is 0.143. The van der Waals surface area contributed by atoms with E-state index in [-0.39, 0.29) is 18.1 Å². The smallest absolute Gasteiger partial charge is 0.251 e. The predicted molar refractivity (Wildman–Crippen MR) is 121 cm³/mol. The number of fused-ring (bicyclic) bond motifs is 1. The SMILES string of the molecule is Cc1cccc2ncc(-c3ccc(OC4CCN(C(=O)C5CCCO5)CC4)cc3)cc12. The van der Waals surface area contributed by atoms with Gasteiger partial charge in [0.2, 0.25) is 0 Å². The second kappa shape index (κ2) is 8.67. The molecule has 160 valence electrons. The van der Waals surface area contributed by atoms with E-state index in [4.69, 9.17) is 9.47 Å². The molecule has 1 atom stereocenters. The summed E-state index contributed by atoms with van der Waals surface area (Å²) in [5.41, 5.74) is 4.49. The van der Waals surface area contributed by atoms with E-state index >= 15 is 0 Å². The zero-order valence-corrected chi connectivity index (χ0v) is 17.9. The molecule has 5 heteroatoms. The molecule has 5 nitrogen and oxygen atoms in total. The topological polar surface area (TPSA) is 51.7 Å². The largest absolute Gasteiger partial charge is 0.490 e. The van der Waals surface area contributed by atoms with Crippen LogP contribution in [0.3, 0.4) is 0 Å². The zero-order valence-electron chi connectivity index (χ0n) is 17.9. The van der Waals surface area contributed by atoms with Gasteiger partial charge in [-0.15, -0.1) is 0 Å². The summed E-state index contributed by atoms with van der Waals surface area (Å²) >= 11 is 0. The fourth-order valence-electron chi connectivity index (χ4n) is 4.54. The predicted octanol–water partition coefficient (Wildman–Crippen LogP) is 4.76. The quantitative estimate of drug-likeness (QED) is 0.615. The summed E-state index contributed by atoms with van der Waals surface area (Å²) in [5, 5.41) is 1.18. The third-order valence-electron chi connectivity index (χ3n) is 6.39. The van der Waals surface area contributed by atoms with Gasteiger partial charge in [0.05, 0.1) is 5.52 Å². The first-order chi connectivity index (χ1) is 15.2. The fourth-order valence-corrected chi connectivity index (χ4v) is 4.54. The number of aromatic nitrogens is 1. The summed E-state index contributed by atoms with van der Waals surface area (Å²) in [5.74, 6) is 1.03. The van der Waals surface area contributed by atoms with E-state index < -0.39 is 0 Å². The van der Waals surface area contributed by atoms with E-state index in [0.717, 1.165) is 61.2 Å². The number of rotatable bonds is 4. The van der Waals surface area contributed by atoms with Gasteiger partial charge in [-0.05, 0) is 55.2 Å². The summed E-state index contributed by atoms with van der Waals surface area (Å²) in [4.78, 5) is 19.0. The Morgan fingerprint density at radius 3 is 2.61 bits per heavy atom. The first-order valence-electron chi connectivity index (χ1n) is 11.2. The van der Waals surface area contributed by atoms with E-state index in [1.165, 1.54) is 10.9 Å². The zero-order chi connectivity index (χ0) is 21.2. The van der Waals surface area contributed by atoms with Crippen LogP contribution in [-0.4, -0.2) is 47.7 Å². The Morgan fingerprint density at radius 1 is 1.06 bits per heavy atom. The molecule has 0 aliphatic carbocycles. The fraction of sp³-hybridized carbons (Fsp3) is 0.385. The molecule has 0 radical (unpaired) electrons. The number of pyridine rings is 1. The van der Waals surface area contributed by atoms with Crippen LogP contribution < -0.4 is 4.74 Å². The van der Waals surface area contributed by atoms with Gasteiger partial charge in [-0.3, -0.25) is 9.78 Å². The van der Waals surface area contributed by atoms with Gasteiger partial charge in [-0.25, -0.2) is 0 Å². The highest BCUT2D eigenvalue weighted by molar-refractivity contribution is 5.86. The van der Waals surface area contributed by atoms with Gasteiger partial charge in [0.15, 0.2) is 0 Å². The van der Waals surface area contributed by atoms with Crippen LogP contribution in [0.5, 0.6) is 5.75 Å². The summed E-state index contributed by atoms with van der Waals surface area (Å²) in [6.45, 7) is 4.30. The van der Waals surface area contributed by atoms with Crippen molar-refractivity contribution >= 4 is 16.8 Å². The maximum absolute atomic E-state index is 12.5. The second-order valence-electron chi connectivity index (χ2n) is 8.53. The van der Waals surface area contributed by atoms with E-state index in [0.29, 0.717) is 6.61 Å². The lowest BCUT2D eigenvalue weighted by molar-refractivity contribution is -0.142. The Morgan fingerprint density at radius 2 is 1.87 bits per heavy atom. The summed E-state index contributed by atoms with van der Waals surface area (Å²) in [7, 11) is 0. The van der Waals surface area contributed by atoms with Crippen molar-refractivity contribution in [3.05, 3.63) is 60.3 Å². The molecule has 0 spiro atoms. The van der Waals surface area contributed by atoms with Crippen LogP contribution in [-0.2, 0) is 9.53 Å². The molecule has 2 fully saturated rings. The number of nitrogens with zero attached hydrogens (tertiary/aromatic N) is 2. The van der Waals surface area contributed by atoms with Crippen LogP contribution in [0.1, 0.15) is 31.2 Å². The van der Waals surface area contributed by atoms with Crippen LogP contribution in [0.15, 0.2) is 54.7 Å². The number of carbonyl (C=O) groups is 1. The highest BCUT2D eigenvalue weighted by Crippen LogP contribution is 2.27. The molecule has 0 saturated carbocycles. The molecule has 2 aliphatic rings. The Labute approximate surface area is 183 Å². The maximum atomic E-state index is 12.5.